The van der Waals surface area contributed by atoms with E-state index in [1.165, 1.54) is 32.1 Å². The van der Waals surface area contributed by atoms with Gasteiger partial charge in [0.25, 0.3) is 0 Å². The van der Waals surface area contributed by atoms with E-state index in [-0.39, 0.29) is 52.7 Å². The van der Waals surface area contributed by atoms with Gasteiger partial charge < -0.3 is 34.7 Å². The maximum absolute atomic E-state index is 12.6. The van der Waals surface area contributed by atoms with Gasteiger partial charge in [-0.1, -0.05) is 48.5 Å². The van der Waals surface area contributed by atoms with Crippen LogP contribution in [0.3, 0.4) is 0 Å². The number of hydrogen-bond donors (Lipinski definition) is 2. The number of nitrogens with two attached hydrogens (primary N) is 1. The second-order valence-electron chi connectivity index (χ2n) is 19.5. The van der Waals surface area contributed by atoms with Gasteiger partial charge in [-0.3, -0.25) is 4.90 Å². The lowest BCUT2D eigenvalue weighted by atomic mass is 9.41. The molecule has 1 amide bonds. The normalized spacial score (nSPS) is 52.2. The Morgan fingerprint density at radius 1 is 1.00 bits per heavy atom. The number of carbonyl (C=O) groups is 1. The van der Waals surface area contributed by atoms with Crippen molar-refractivity contribution in [2.75, 3.05) is 39.8 Å². The lowest BCUT2D eigenvalue weighted by Crippen LogP contribution is -2.62. The third kappa shape index (κ3) is 4.52. The third-order valence-electron chi connectivity index (χ3n) is 17.0. The molecule has 272 valence electrons. The largest absolute Gasteiger partial charge is 0.443 e. The van der Waals surface area contributed by atoms with Gasteiger partial charge in [0.15, 0.2) is 6.29 Å². The van der Waals surface area contributed by atoms with E-state index >= 15 is 0 Å². The summed E-state index contributed by atoms with van der Waals surface area (Å²) in [5.74, 6) is 1.85. The number of ether oxygens (including phenoxy) is 4. The van der Waals surface area contributed by atoms with E-state index < -0.39 is 18.3 Å². The van der Waals surface area contributed by atoms with E-state index in [0.29, 0.717) is 34.6 Å². The number of morpholine rings is 1. The van der Waals surface area contributed by atoms with Crippen molar-refractivity contribution in [2.24, 2.45) is 62.4 Å². The maximum atomic E-state index is 12.6. The van der Waals surface area contributed by atoms with E-state index in [1.54, 1.807) is 0 Å². The fraction of sp³-hybridized carbons (Fsp3) is 0.974. The average molecular weight is 672 g/mol. The molecule has 0 unspecified atom stereocenters. The molecule has 3 saturated heterocycles. The van der Waals surface area contributed by atoms with Crippen LogP contribution >= 0.6 is 0 Å². The van der Waals surface area contributed by atoms with Gasteiger partial charge in [-0.05, 0) is 110 Å². The van der Waals surface area contributed by atoms with E-state index in [1.807, 2.05) is 0 Å². The van der Waals surface area contributed by atoms with Crippen molar-refractivity contribution in [2.45, 2.75) is 143 Å². The van der Waals surface area contributed by atoms with Crippen LogP contribution in [-0.2, 0) is 18.9 Å². The average Bonchev–Trinajstić information content (AvgIpc) is 3.64. The molecule has 2 spiro atoms. The minimum absolute atomic E-state index is 0.00114. The van der Waals surface area contributed by atoms with Gasteiger partial charge in [-0.25, -0.2) is 4.79 Å². The van der Waals surface area contributed by atoms with Crippen molar-refractivity contribution in [3.05, 3.63) is 0 Å². The van der Waals surface area contributed by atoms with E-state index in [2.05, 4.69) is 65.3 Å². The van der Waals surface area contributed by atoms with Crippen LogP contribution in [-0.4, -0.2) is 104 Å². The molecule has 8 fully saturated rings. The number of aliphatic hydroxyl groups is 1. The van der Waals surface area contributed by atoms with E-state index in [4.69, 9.17) is 24.7 Å². The molecular formula is C39H65N3O6. The zero-order valence-electron chi connectivity index (χ0n) is 31.1. The Balaban J connectivity index is 1.01. The molecule has 48 heavy (non-hydrogen) atoms. The first-order chi connectivity index (χ1) is 22.6. The summed E-state index contributed by atoms with van der Waals surface area (Å²) in [7, 11) is 2.20. The lowest BCUT2D eigenvalue weighted by Gasteiger charge is -2.64. The number of primary amides is 1. The second kappa shape index (κ2) is 11.3. The first kappa shape index (κ1) is 34.1. The molecule has 8 aliphatic rings. The number of amides is 1. The Morgan fingerprint density at radius 3 is 2.40 bits per heavy atom. The molecule has 0 aromatic carbocycles. The number of rotatable bonds is 6. The van der Waals surface area contributed by atoms with Gasteiger partial charge in [-0.2, -0.15) is 0 Å². The topological polar surface area (TPSA) is 107 Å². The molecule has 9 heteroatoms. The fourth-order valence-electron chi connectivity index (χ4n) is 14.7. The third-order valence-corrected chi connectivity index (χ3v) is 17.0. The monoisotopic (exact) mass is 671 g/mol. The SMILES string of the molecule is CC(C)[C@@H](OC(N)=O)[C@H]1C[C@@H](C)[C@H]2[C@H](O1)[C@H](O)[C@@]1(C)[C@@H]3CC[C@H]4C(C)(C)[C@@H](O[C@H]5CN(C6CN(C)C6)CCO5)CC[C@@]45C[C@@]35CC[C@]21C. The molecule has 14 atom stereocenters. The summed E-state index contributed by atoms with van der Waals surface area (Å²) < 4.78 is 25.8. The van der Waals surface area contributed by atoms with Crippen LogP contribution in [0.4, 0.5) is 4.79 Å². The Hall–Kier alpha value is -0.970. The number of aliphatic hydroxyl groups excluding tert-OH is 1. The van der Waals surface area contributed by atoms with Crippen LogP contribution < -0.4 is 5.73 Å². The molecule has 8 rings (SSSR count). The summed E-state index contributed by atoms with van der Waals surface area (Å²) in [5.41, 5.74) is 6.02. The number of nitrogens with zero attached hydrogens (tertiary/aromatic N) is 2. The first-order valence-corrected chi connectivity index (χ1v) is 19.6. The highest BCUT2D eigenvalue weighted by molar-refractivity contribution is 5.64. The highest BCUT2D eigenvalue weighted by Gasteiger charge is 2.84. The molecular weight excluding hydrogens is 606 g/mol. The van der Waals surface area contributed by atoms with Crippen molar-refractivity contribution in [3.63, 3.8) is 0 Å². The van der Waals surface area contributed by atoms with Gasteiger partial charge >= 0.3 is 6.09 Å². The van der Waals surface area contributed by atoms with Crippen LogP contribution in [0.5, 0.6) is 0 Å². The minimum atomic E-state index is -0.748. The van der Waals surface area contributed by atoms with Gasteiger partial charge in [0, 0.05) is 37.6 Å². The van der Waals surface area contributed by atoms with Crippen LogP contribution in [0, 0.1) is 56.7 Å². The highest BCUT2D eigenvalue weighted by Crippen LogP contribution is 2.89. The minimum Gasteiger partial charge on any atom is -0.443 e. The van der Waals surface area contributed by atoms with Gasteiger partial charge in [-0.15, -0.1) is 0 Å². The van der Waals surface area contributed by atoms with Gasteiger partial charge in [0.2, 0.25) is 0 Å². The first-order valence-electron chi connectivity index (χ1n) is 19.6. The van der Waals surface area contributed by atoms with Crippen molar-refractivity contribution in [1.82, 2.24) is 9.80 Å². The summed E-state index contributed by atoms with van der Waals surface area (Å²) in [5, 5.41) is 12.6. The molecule has 0 aromatic heterocycles. The molecule has 3 aliphatic heterocycles. The Bertz CT molecular complexity index is 1270. The molecule has 9 nitrogen and oxygen atoms in total. The molecule has 0 radical (unpaired) electrons. The predicted octanol–water partition coefficient (Wildman–Crippen LogP) is 5.28. The van der Waals surface area contributed by atoms with Crippen LogP contribution in [0.2, 0.25) is 0 Å². The molecule has 5 aliphatic carbocycles. The smallest absolute Gasteiger partial charge is 0.404 e. The molecule has 3 N–H and O–H groups in total. The molecule has 5 saturated carbocycles. The summed E-state index contributed by atoms with van der Waals surface area (Å²) in [6, 6.07) is 0.640. The summed E-state index contributed by atoms with van der Waals surface area (Å²) in [6.07, 6.45) is 7.16. The zero-order valence-corrected chi connectivity index (χ0v) is 31.1. The number of hydrogen-bond acceptors (Lipinski definition) is 8. The Labute approximate surface area is 289 Å². The molecule has 3 heterocycles. The summed E-state index contributed by atoms with van der Waals surface area (Å²) in [6.45, 7) is 21.4. The van der Waals surface area contributed by atoms with E-state index in [9.17, 15) is 9.90 Å². The van der Waals surface area contributed by atoms with E-state index in [0.717, 1.165) is 52.0 Å². The lowest BCUT2D eigenvalue weighted by molar-refractivity contribution is -0.253. The van der Waals surface area contributed by atoms with Crippen molar-refractivity contribution in [1.29, 1.82) is 0 Å². The Morgan fingerprint density at radius 2 is 1.71 bits per heavy atom. The number of likely N-dealkylation sites (N-methyl/N-ethyl adjacent to an activating group) is 1. The fourth-order valence-corrected chi connectivity index (χ4v) is 14.7. The molecule has 0 aromatic rings. The Kier molecular flexibility index (Phi) is 8.01. The van der Waals surface area contributed by atoms with Crippen LogP contribution in [0.15, 0.2) is 0 Å². The zero-order chi connectivity index (χ0) is 34.2. The summed E-state index contributed by atoms with van der Waals surface area (Å²) >= 11 is 0. The standard InChI is InChI=1S/C39H65N3O6/c1-22(2)31(48-34(40)44)25-17-23(3)30-32(46-25)33(43)37(7)27-10-9-26-35(4,5)28(11-12-38(26)21-39(27,38)14-13-36(30,37)6)47-29-20-42(15-16-45-29)24-18-41(8)19-24/h22-33,43H,9-21H2,1-8H3,(H2,40,44)/t23-,25-,26+,27+,28+,29+,30+,31-,32+,33+,36-,37-,38-,39+/m1/s1. The van der Waals surface area contributed by atoms with Crippen molar-refractivity contribution >= 4 is 6.09 Å². The van der Waals surface area contributed by atoms with Crippen LogP contribution in [0.25, 0.3) is 0 Å². The van der Waals surface area contributed by atoms with Gasteiger partial charge in [0.1, 0.15) is 6.10 Å². The molecule has 0 bridgehead atoms. The number of fused-ring (bicyclic) bond motifs is 4. The van der Waals surface area contributed by atoms with Crippen molar-refractivity contribution < 1.29 is 28.8 Å². The quantitative estimate of drug-likeness (QED) is 0.393. The van der Waals surface area contributed by atoms with Crippen LogP contribution in [0.1, 0.15) is 99.8 Å². The van der Waals surface area contributed by atoms with Crippen molar-refractivity contribution in [3.8, 4) is 0 Å². The second-order valence-corrected chi connectivity index (χ2v) is 19.5. The highest BCUT2D eigenvalue weighted by atomic mass is 16.7. The summed E-state index contributed by atoms with van der Waals surface area (Å²) in [4.78, 5) is 16.8. The maximum Gasteiger partial charge on any atom is 0.404 e. The predicted molar refractivity (Wildman–Crippen MR) is 183 cm³/mol. The van der Waals surface area contributed by atoms with Gasteiger partial charge in [0.05, 0.1) is 31.0 Å². The number of carbonyl (C=O) groups excluding carboxylic acids is 1. The number of likely N-dealkylation sites (tertiary alicyclic amines) is 1.